The van der Waals surface area contributed by atoms with Crippen molar-refractivity contribution in [1.82, 2.24) is 9.80 Å². The Hall–Kier alpha value is -2.39. The molecule has 1 N–H and O–H groups in total. The van der Waals surface area contributed by atoms with Crippen LogP contribution in [0.25, 0.3) is 0 Å². The van der Waals surface area contributed by atoms with Crippen LogP contribution in [0.3, 0.4) is 0 Å². The molecule has 0 aliphatic carbocycles. The molecule has 2 aromatic carbocycles. The number of piperidine rings is 1. The van der Waals surface area contributed by atoms with Gasteiger partial charge in [-0.3, -0.25) is 9.80 Å². The molecule has 0 spiro atoms. The molecule has 0 bridgehead atoms. The molecule has 0 aromatic heterocycles. The number of piperazine rings is 1. The molecule has 2 aromatic rings. The first-order chi connectivity index (χ1) is 15.2. The van der Waals surface area contributed by atoms with Crippen LogP contribution in [-0.2, 0) is 6.54 Å². The minimum absolute atomic E-state index is 0.111. The Labute approximate surface area is 185 Å². The van der Waals surface area contributed by atoms with Crippen LogP contribution in [0.4, 0.5) is 10.1 Å². The van der Waals surface area contributed by atoms with Gasteiger partial charge in [0, 0.05) is 57.3 Å². The fourth-order valence-electron chi connectivity index (χ4n) is 4.68. The number of nitrogens with zero attached hydrogens (tertiary/aromatic N) is 3. The minimum atomic E-state index is -0.120. The van der Waals surface area contributed by atoms with E-state index in [0.29, 0.717) is 12.5 Å². The summed E-state index contributed by atoms with van der Waals surface area (Å²) in [7, 11) is 0. The summed E-state index contributed by atoms with van der Waals surface area (Å²) in [6.45, 7) is 7.07. The summed E-state index contributed by atoms with van der Waals surface area (Å²) in [5, 5.41) is 8.83. The molecule has 2 heterocycles. The lowest BCUT2D eigenvalue weighted by Crippen LogP contribution is -2.55. The highest BCUT2D eigenvalue weighted by atomic mass is 19.1. The molecule has 0 saturated carbocycles. The van der Waals surface area contributed by atoms with E-state index in [0.717, 1.165) is 57.1 Å². The predicted molar refractivity (Wildman–Crippen MR) is 124 cm³/mol. The Bertz CT molecular complexity index is 897. The molecule has 2 aliphatic heterocycles. The van der Waals surface area contributed by atoms with Crippen molar-refractivity contribution < 1.29 is 9.50 Å². The zero-order chi connectivity index (χ0) is 21.5. The van der Waals surface area contributed by atoms with Crippen molar-refractivity contribution in [2.45, 2.75) is 31.8 Å². The molecule has 164 valence electrons. The number of likely N-dealkylation sites (tertiary alicyclic amines) is 1. The second kappa shape index (κ2) is 10.8. The average Bonchev–Trinajstić information content (AvgIpc) is 2.81. The van der Waals surface area contributed by atoms with Crippen LogP contribution < -0.4 is 4.90 Å². The van der Waals surface area contributed by atoms with Gasteiger partial charge in [0.25, 0.3) is 0 Å². The summed E-state index contributed by atoms with van der Waals surface area (Å²) in [5.41, 5.74) is 3.05. The fraction of sp³-hybridized carbons (Fsp3) is 0.462. The Morgan fingerprint density at radius 1 is 0.968 bits per heavy atom. The van der Waals surface area contributed by atoms with Gasteiger partial charge in [-0.15, -0.1) is 0 Å². The number of para-hydroxylation sites is 1. The second-order valence-corrected chi connectivity index (χ2v) is 8.48. The maximum absolute atomic E-state index is 14.1. The Balaban J connectivity index is 1.28. The number of rotatable bonds is 5. The third kappa shape index (κ3) is 5.86. The van der Waals surface area contributed by atoms with Crippen molar-refractivity contribution in [2.24, 2.45) is 0 Å². The lowest BCUT2D eigenvalue weighted by Gasteiger charge is -2.44. The Morgan fingerprint density at radius 2 is 1.74 bits per heavy atom. The molecule has 2 fully saturated rings. The van der Waals surface area contributed by atoms with E-state index in [-0.39, 0.29) is 12.4 Å². The molecule has 5 heteroatoms. The number of anilines is 1. The highest BCUT2D eigenvalue weighted by Crippen LogP contribution is 2.23. The zero-order valence-electron chi connectivity index (χ0n) is 18.1. The molecular weight excluding hydrogens is 389 g/mol. The van der Waals surface area contributed by atoms with Gasteiger partial charge in [0.05, 0.1) is 12.3 Å². The Morgan fingerprint density at radius 3 is 2.48 bits per heavy atom. The average molecular weight is 422 g/mol. The lowest BCUT2D eigenvalue weighted by molar-refractivity contribution is 0.0887. The molecule has 1 atom stereocenters. The quantitative estimate of drug-likeness (QED) is 0.750. The van der Waals surface area contributed by atoms with E-state index in [1.807, 2.05) is 12.1 Å². The smallest absolute Gasteiger partial charge is 0.146 e. The number of halogens is 1. The van der Waals surface area contributed by atoms with Crippen LogP contribution in [-0.4, -0.2) is 66.8 Å². The molecule has 4 nitrogen and oxygen atoms in total. The molecule has 0 amide bonds. The van der Waals surface area contributed by atoms with Crippen LogP contribution >= 0.6 is 0 Å². The molecular formula is C26H32FN3O. The number of aliphatic hydroxyl groups excluding tert-OH is 1. The normalized spacial score (nSPS) is 20.3. The summed E-state index contributed by atoms with van der Waals surface area (Å²) in [4.78, 5) is 7.34. The van der Waals surface area contributed by atoms with Crippen LogP contribution in [0.15, 0.2) is 48.5 Å². The van der Waals surface area contributed by atoms with E-state index in [4.69, 9.17) is 5.11 Å². The summed E-state index contributed by atoms with van der Waals surface area (Å²) in [6.07, 6.45) is 2.99. The van der Waals surface area contributed by atoms with E-state index in [1.54, 1.807) is 12.1 Å². The van der Waals surface area contributed by atoms with Crippen molar-refractivity contribution in [2.75, 3.05) is 50.8 Å². The van der Waals surface area contributed by atoms with E-state index in [9.17, 15) is 4.39 Å². The van der Waals surface area contributed by atoms with Crippen molar-refractivity contribution in [3.8, 4) is 11.8 Å². The van der Waals surface area contributed by atoms with Crippen LogP contribution in [0, 0.1) is 17.7 Å². The van der Waals surface area contributed by atoms with Crippen LogP contribution in [0.1, 0.15) is 30.4 Å². The molecule has 2 saturated heterocycles. The van der Waals surface area contributed by atoms with Crippen LogP contribution in [0.2, 0.25) is 0 Å². The summed E-state index contributed by atoms with van der Waals surface area (Å²) in [5.74, 6) is 5.94. The standard InChI is InChI=1S/C26H32FN3O/c27-25-8-1-2-9-26(25)30-17-15-29(16-18-30)24-7-5-14-28(21-24)20-23-12-10-22(11-13-23)6-3-4-19-31/h1-2,8-13,24,31H,4-5,7,14-21H2/t24-/m0/s1. The minimum Gasteiger partial charge on any atom is -0.395 e. The number of hydrogen-bond acceptors (Lipinski definition) is 4. The van der Waals surface area contributed by atoms with Gasteiger partial charge in [0.15, 0.2) is 0 Å². The molecule has 31 heavy (non-hydrogen) atoms. The second-order valence-electron chi connectivity index (χ2n) is 8.48. The van der Waals surface area contributed by atoms with E-state index < -0.39 is 0 Å². The van der Waals surface area contributed by atoms with Crippen molar-refractivity contribution >= 4 is 5.69 Å². The maximum atomic E-state index is 14.1. The molecule has 0 radical (unpaired) electrons. The summed E-state index contributed by atoms with van der Waals surface area (Å²) >= 11 is 0. The first-order valence-electron chi connectivity index (χ1n) is 11.4. The van der Waals surface area contributed by atoms with Crippen molar-refractivity contribution in [3.05, 3.63) is 65.5 Å². The zero-order valence-corrected chi connectivity index (χ0v) is 18.1. The first-order valence-corrected chi connectivity index (χ1v) is 11.4. The summed E-state index contributed by atoms with van der Waals surface area (Å²) < 4.78 is 14.1. The van der Waals surface area contributed by atoms with E-state index in [1.165, 1.54) is 18.4 Å². The van der Waals surface area contributed by atoms with E-state index in [2.05, 4.69) is 50.8 Å². The SMILES string of the molecule is OCCC#Cc1ccc(CN2CCC[C@H](N3CCN(c4ccccc4F)CC3)C2)cc1. The van der Waals surface area contributed by atoms with Gasteiger partial charge in [0.1, 0.15) is 5.82 Å². The largest absolute Gasteiger partial charge is 0.395 e. The van der Waals surface area contributed by atoms with Crippen LogP contribution in [0.5, 0.6) is 0 Å². The third-order valence-corrected chi connectivity index (χ3v) is 6.33. The van der Waals surface area contributed by atoms with Gasteiger partial charge in [0.2, 0.25) is 0 Å². The summed E-state index contributed by atoms with van der Waals surface area (Å²) in [6, 6.07) is 16.2. The Kier molecular flexibility index (Phi) is 7.58. The van der Waals surface area contributed by atoms with Crippen molar-refractivity contribution in [1.29, 1.82) is 0 Å². The molecule has 0 unspecified atom stereocenters. The highest BCUT2D eigenvalue weighted by molar-refractivity contribution is 5.48. The monoisotopic (exact) mass is 421 g/mol. The third-order valence-electron chi connectivity index (χ3n) is 6.33. The molecule has 4 rings (SSSR count). The van der Waals surface area contributed by atoms with E-state index >= 15 is 0 Å². The maximum Gasteiger partial charge on any atom is 0.146 e. The van der Waals surface area contributed by atoms with Gasteiger partial charge >= 0.3 is 0 Å². The first kappa shape index (κ1) is 21.8. The van der Waals surface area contributed by atoms with Gasteiger partial charge in [-0.05, 0) is 49.2 Å². The highest BCUT2D eigenvalue weighted by Gasteiger charge is 2.28. The van der Waals surface area contributed by atoms with Gasteiger partial charge in [-0.1, -0.05) is 36.1 Å². The van der Waals surface area contributed by atoms with Gasteiger partial charge in [-0.25, -0.2) is 4.39 Å². The van der Waals surface area contributed by atoms with Crippen molar-refractivity contribution in [3.63, 3.8) is 0 Å². The van der Waals surface area contributed by atoms with Gasteiger partial charge < -0.3 is 10.0 Å². The lowest BCUT2D eigenvalue weighted by atomic mass is 10.0. The number of benzene rings is 2. The topological polar surface area (TPSA) is 30.0 Å². The van der Waals surface area contributed by atoms with Gasteiger partial charge in [-0.2, -0.15) is 0 Å². The number of hydrogen-bond donors (Lipinski definition) is 1. The molecule has 2 aliphatic rings. The number of aliphatic hydroxyl groups is 1. The fourth-order valence-corrected chi connectivity index (χ4v) is 4.68. The predicted octanol–water partition coefficient (Wildman–Crippen LogP) is 3.35.